The summed E-state index contributed by atoms with van der Waals surface area (Å²) in [6.07, 6.45) is 27.6. The highest BCUT2D eigenvalue weighted by Crippen LogP contribution is 2.60. The fourth-order valence-electron chi connectivity index (χ4n) is 19.9. The van der Waals surface area contributed by atoms with E-state index in [0.29, 0.717) is 11.8 Å². The van der Waals surface area contributed by atoms with Gasteiger partial charge in [-0.3, -0.25) is 0 Å². The van der Waals surface area contributed by atoms with Gasteiger partial charge >= 0.3 is 0 Å². The van der Waals surface area contributed by atoms with Crippen molar-refractivity contribution >= 4 is 55.4 Å². The van der Waals surface area contributed by atoms with Crippen molar-refractivity contribution < 1.29 is 0 Å². The van der Waals surface area contributed by atoms with Crippen LogP contribution >= 0.6 is 0 Å². The third-order valence-corrected chi connectivity index (χ3v) is 24.9. The molecular weight excluding hydrogens is 1210 g/mol. The van der Waals surface area contributed by atoms with Crippen molar-refractivity contribution in [3.05, 3.63) is 346 Å². The summed E-state index contributed by atoms with van der Waals surface area (Å²) >= 11 is 0. The predicted octanol–water partition coefficient (Wildman–Crippen LogP) is 26.4. The molecule has 8 aliphatic rings. The Morgan fingerprint density at radius 2 is 0.800 bits per heavy atom. The second-order valence-electron chi connectivity index (χ2n) is 31.6. The molecule has 8 aliphatic carbocycles. The number of nitrogens with zero attached hydrogens (tertiary/aromatic N) is 2. The van der Waals surface area contributed by atoms with E-state index in [1.54, 1.807) is 5.57 Å². The van der Waals surface area contributed by atoms with Gasteiger partial charge in [-0.1, -0.05) is 279 Å². The van der Waals surface area contributed by atoms with E-state index in [1.807, 2.05) is 0 Å². The first-order valence-electron chi connectivity index (χ1n) is 36.7. The first kappa shape index (κ1) is 60.6. The zero-order valence-corrected chi connectivity index (χ0v) is 58.8. The van der Waals surface area contributed by atoms with Crippen molar-refractivity contribution in [3.8, 4) is 55.6 Å². The van der Waals surface area contributed by atoms with E-state index in [4.69, 9.17) is 0 Å². The lowest BCUT2D eigenvalue weighted by molar-refractivity contribution is 0.320. The first-order chi connectivity index (χ1) is 48.6. The van der Waals surface area contributed by atoms with Crippen molar-refractivity contribution in [3.63, 3.8) is 0 Å². The van der Waals surface area contributed by atoms with Crippen LogP contribution in [0.4, 0.5) is 22.7 Å². The van der Waals surface area contributed by atoms with E-state index in [2.05, 4.69) is 344 Å². The predicted molar refractivity (Wildman–Crippen MR) is 423 cm³/mol. The monoisotopic (exact) mass is 1290 g/mol. The van der Waals surface area contributed by atoms with Gasteiger partial charge < -0.3 is 9.80 Å². The van der Waals surface area contributed by atoms with Crippen LogP contribution in [-0.2, 0) is 16.2 Å². The quantitative estimate of drug-likeness (QED) is 0.126. The van der Waals surface area contributed by atoms with E-state index in [1.165, 1.54) is 167 Å². The van der Waals surface area contributed by atoms with Crippen molar-refractivity contribution in [2.45, 2.75) is 110 Å². The highest BCUT2D eigenvalue weighted by Gasteiger charge is 2.47. The molecule has 0 bridgehead atoms. The van der Waals surface area contributed by atoms with Crippen LogP contribution in [0.15, 0.2) is 307 Å². The molecule has 0 spiro atoms. The number of benzene rings is 11. The van der Waals surface area contributed by atoms with Gasteiger partial charge in [0.15, 0.2) is 0 Å². The summed E-state index contributed by atoms with van der Waals surface area (Å²) in [7, 11) is 0. The minimum absolute atomic E-state index is 0.0342. The van der Waals surface area contributed by atoms with Gasteiger partial charge in [0.2, 0.25) is 0 Å². The molecule has 0 N–H and O–H groups in total. The van der Waals surface area contributed by atoms with Crippen molar-refractivity contribution in [2.75, 3.05) is 9.80 Å². The summed E-state index contributed by atoms with van der Waals surface area (Å²) in [6, 6.07) is 87.1. The highest BCUT2D eigenvalue weighted by atomic mass is 15.2. The summed E-state index contributed by atoms with van der Waals surface area (Å²) in [5.74, 6) is 0.861. The molecule has 11 aromatic rings. The van der Waals surface area contributed by atoms with Crippen LogP contribution in [0.2, 0.25) is 0 Å². The Balaban J connectivity index is 0.901. The summed E-state index contributed by atoms with van der Waals surface area (Å²) in [5.41, 5.74) is 36.6. The molecule has 2 atom stereocenters. The van der Waals surface area contributed by atoms with Crippen LogP contribution in [0.3, 0.4) is 0 Å². The van der Waals surface area contributed by atoms with E-state index >= 15 is 0 Å². The maximum absolute atomic E-state index is 2.68. The molecule has 0 aliphatic heterocycles. The maximum atomic E-state index is 2.68. The Morgan fingerprint density at radius 3 is 1.38 bits per heavy atom. The Kier molecular flexibility index (Phi) is 13.6. The average Bonchev–Trinajstić information content (AvgIpc) is 1.27. The number of hydrogen-bond acceptors (Lipinski definition) is 2. The minimum atomic E-state index is -0.187. The second-order valence-corrected chi connectivity index (χ2v) is 31.6. The maximum Gasteiger partial charge on any atom is 0.0465 e. The third kappa shape index (κ3) is 9.00. The van der Waals surface area contributed by atoms with Crippen LogP contribution in [0, 0.1) is 17.3 Å². The van der Waals surface area contributed by atoms with Gasteiger partial charge in [0.1, 0.15) is 0 Å². The molecule has 0 amide bonds. The van der Waals surface area contributed by atoms with Gasteiger partial charge in [-0.05, 0) is 249 Å². The first-order valence-corrected chi connectivity index (χ1v) is 36.7. The summed E-state index contributed by atoms with van der Waals surface area (Å²) in [6.45, 7) is 19.6. The lowest BCUT2D eigenvalue weighted by atomic mass is 9.73. The van der Waals surface area contributed by atoms with Crippen LogP contribution in [0.5, 0.6) is 0 Å². The highest BCUT2D eigenvalue weighted by molar-refractivity contribution is 6.24. The van der Waals surface area contributed by atoms with Crippen molar-refractivity contribution in [1.29, 1.82) is 0 Å². The number of rotatable bonds is 10. The van der Waals surface area contributed by atoms with Crippen molar-refractivity contribution in [1.82, 2.24) is 0 Å². The second kappa shape index (κ2) is 22.5. The topological polar surface area (TPSA) is 6.48 Å². The summed E-state index contributed by atoms with van der Waals surface area (Å²) in [5, 5.41) is 4.93. The van der Waals surface area contributed by atoms with Crippen LogP contribution < -0.4 is 9.80 Å². The zero-order chi connectivity index (χ0) is 67.6. The van der Waals surface area contributed by atoms with Gasteiger partial charge in [-0.2, -0.15) is 0 Å². The summed E-state index contributed by atoms with van der Waals surface area (Å²) < 4.78 is 0. The molecule has 486 valence electrons. The van der Waals surface area contributed by atoms with E-state index in [9.17, 15) is 0 Å². The van der Waals surface area contributed by atoms with E-state index in [-0.39, 0.29) is 21.7 Å². The average molecular weight is 1290 g/mol. The zero-order valence-electron chi connectivity index (χ0n) is 58.8. The van der Waals surface area contributed by atoms with Gasteiger partial charge in [0.05, 0.1) is 0 Å². The van der Waals surface area contributed by atoms with Crippen LogP contribution in [-0.4, -0.2) is 0 Å². The van der Waals surface area contributed by atoms with Gasteiger partial charge in [0, 0.05) is 56.3 Å². The molecule has 0 radical (unpaired) electrons. The molecule has 2 nitrogen and oxygen atoms in total. The van der Waals surface area contributed by atoms with Gasteiger partial charge in [0.25, 0.3) is 0 Å². The molecule has 100 heavy (non-hydrogen) atoms. The van der Waals surface area contributed by atoms with Crippen LogP contribution in [0.25, 0.3) is 88.3 Å². The fraction of sp³-hybridized carbons (Fsp3) is 0.204. The molecule has 0 saturated carbocycles. The lowest BCUT2D eigenvalue weighted by Crippen LogP contribution is -2.24. The molecule has 2 unspecified atom stereocenters. The molecule has 19 rings (SSSR count). The van der Waals surface area contributed by atoms with Gasteiger partial charge in [-0.15, -0.1) is 0 Å². The number of allylic oxidation sites excluding steroid dienone is 16. The molecule has 11 aromatic carbocycles. The Morgan fingerprint density at radius 1 is 0.340 bits per heavy atom. The third-order valence-electron chi connectivity index (χ3n) is 24.9. The largest absolute Gasteiger partial charge is 0.314 e. The summed E-state index contributed by atoms with van der Waals surface area (Å²) in [4.78, 5) is 5.34. The number of anilines is 4. The molecule has 2 heteroatoms. The molecule has 0 aromatic heterocycles. The molecule has 0 saturated heterocycles. The molecule has 0 fully saturated rings. The Hall–Kier alpha value is -10.5. The van der Waals surface area contributed by atoms with Crippen molar-refractivity contribution in [2.24, 2.45) is 17.3 Å². The lowest BCUT2D eigenvalue weighted by Gasteiger charge is -2.34. The number of fused-ring (bicyclic) bond motifs is 12. The molecular formula is C98H84N2. The Labute approximate surface area is 590 Å². The normalized spacial score (nSPS) is 19.5. The standard InChI is InChI=1S/C98H84N2/c1-95(2)85-39-23-19-33-71(85)75-49-43-65(57-89(75)95)99(66-44-50-76-72-34-20-24-40-86(72)96(3,4)90(76)58-66)63-47-53-81-83(55-63)93(79-37-17-15-31-69(79)61-27-11-9-12-28-61)82-54-48-64(56-84(82)94(81)80-38-18-16-32-70(80)62-29-13-10-14-30-62)100(67-45-51-77-73-35-21-25-41-87(73)97(5,6)91(77)59-67)68-46-52-78-74-36-22-26-42-88(74)98(7,8)92(78)60-68/h9-13,15-29,31-43,45,47-49,51,53-60,74,88H,14,30,44,46,50,52H2,1-8H3. The van der Waals surface area contributed by atoms with Crippen LogP contribution in [0.1, 0.15) is 133 Å². The number of hydrogen-bond donors (Lipinski definition) is 0. The van der Waals surface area contributed by atoms with Gasteiger partial charge in [-0.25, -0.2) is 0 Å². The fourth-order valence-corrected chi connectivity index (χ4v) is 19.9. The molecule has 0 heterocycles. The smallest absolute Gasteiger partial charge is 0.0465 e. The van der Waals surface area contributed by atoms with E-state index < -0.39 is 0 Å². The minimum Gasteiger partial charge on any atom is -0.314 e. The van der Waals surface area contributed by atoms with E-state index in [0.717, 1.165) is 44.2 Å². The SMILES string of the molecule is CC1(C)C2=C(CCC(N(c3ccc4c(c3)C(C)(C)c3ccccc3-4)c3ccc4c(-c5ccccc5C5=CC=CCC5)c5cc(N(C6=CC7=C(CC6)C6C=CC=CC6C7(C)C)c6ccc7c(c6)C(C)(C)c6ccccc6-7)ccc5c(-c5ccccc5-c5ccccc5)c4c3)=C2)c2ccccc21. The Bertz CT molecular complexity index is 5620.